The third kappa shape index (κ3) is 4.44. The van der Waals surface area contributed by atoms with E-state index in [1.807, 2.05) is 54.6 Å². The number of nitrogens with zero attached hydrogens (tertiary/aromatic N) is 4. The van der Waals surface area contributed by atoms with E-state index in [0.717, 1.165) is 11.4 Å². The maximum Gasteiger partial charge on any atom is 0.231 e. The average Bonchev–Trinajstić information content (AvgIpc) is 2.83. The fourth-order valence-electron chi connectivity index (χ4n) is 3.04. The van der Waals surface area contributed by atoms with E-state index in [1.165, 1.54) is 12.1 Å². The molecule has 0 unspecified atom stereocenters. The van der Waals surface area contributed by atoms with Crippen molar-refractivity contribution in [2.75, 3.05) is 10.6 Å². The summed E-state index contributed by atoms with van der Waals surface area (Å²) in [5, 5.41) is 6.33. The van der Waals surface area contributed by atoms with Crippen LogP contribution < -0.4 is 15.4 Å². The molecular formula is C24H17FN6O. The van der Waals surface area contributed by atoms with Crippen molar-refractivity contribution in [1.82, 2.24) is 19.9 Å². The van der Waals surface area contributed by atoms with E-state index in [-0.39, 0.29) is 5.82 Å². The van der Waals surface area contributed by atoms with Crippen molar-refractivity contribution in [2.45, 2.75) is 0 Å². The molecule has 0 aliphatic rings. The van der Waals surface area contributed by atoms with Gasteiger partial charge in [-0.15, -0.1) is 0 Å². The molecule has 0 saturated carbocycles. The van der Waals surface area contributed by atoms with Gasteiger partial charge in [-0.3, -0.25) is 0 Å². The van der Waals surface area contributed by atoms with Crippen molar-refractivity contribution in [1.29, 1.82) is 0 Å². The Labute approximate surface area is 183 Å². The van der Waals surface area contributed by atoms with Gasteiger partial charge in [-0.2, -0.15) is 9.97 Å². The van der Waals surface area contributed by atoms with Crippen LogP contribution in [0.25, 0.3) is 11.2 Å². The fraction of sp³-hybridized carbons (Fsp3) is 0. The Bertz CT molecular complexity index is 1350. The molecule has 32 heavy (non-hydrogen) atoms. The minimum atomic E-state index is -0.315. The molecule has 7 nitrogen and oxygen atoms in total. The lowest BCUT2D eigenvalue weighted by Crippen LogP contribution is -2.04. The van der Waals surface area contributed by atoms with E-state index in [4.69, 9.17) is 4.74 Å². The number of hydrogen-bond acceptors (Lipinski definition) is 7. The summed E-state index contributed by atoms with van der Waals surface area (Å²) in [6, 6.07) is 23.0. The van der Waals surface area contributed by atoms with Gasteiger partial charge < -0.3 is 15.4 Å². The molecule has 2 N–H and O–H groups in total. The van der Waals surface area contributed by atoms with Gasteiger partial charge in [0.2, 0.25) is 5.95 Å². The van der Waals surface area contributed by atoms with Crippen LogP contribution in [0.2, 0.25) is 0 Å². The van der Waals surface area contributed by atoms with E-state index in [2.05, 4.69) is 30.6 Å². The largest absolute Gasteiger partial charge is 0.457 e. The van der Waals surface area contributed by atoms with Crippen LogP contribution in [0.1, 0.15) is 0 Å². The smallest absolute Gasteiger partial charge is 0.231 e. The molecule has 0 atom stereocenters. The summed E-state index contributed by atoms with van der Waals surface area (Å²) in [6.07, 6.45) is 3.14. The van der Waals surface area contributed by atoms with Gasteiger partial charge in [-0.1, -0.05) is 18.2 Å². The Hall–Kier alpha value is -4.59. The summed E-state index contributed by atoms with van der Waals surface area (Å²) >= 11 is 0. The molecule has 0 fully saturated rings. The first-order valence-corrected chi connectivity index (χ1v) is 9.84. The molecule has 2 heterocycles. The summed E-state index contributed by atoms with van der Waals surface area (Å²) in [5.74, 6) is 1.97. The zero-order valence-electron chi connectivity index (χ0n) is 16.7. The summed E-state index contributed by atoms with van der Waals surface area (Å²) in [7, 11) is 0. The van der Waals surface area contributed by atoms with Crippen LogP contribution in [-0.4, -0.2) is 19.9 Å². The molecule has 5 rings (SSSR count). The lowest BCUT2D eigenvalue weighted by atomic mass is 10.3. The van der Waals surface area contributed by atoms with Crippen LogP contribution >= 0.6 is 0 Å². The SMILES string of the molecule is Fc1ccc(Nc2nc(Nc3ccc(Oc4ccccc4)cc3)nc3nccnc23)cc1. The number of para-hydroxylation sites is 1. The minimum Gasteiger partial charge on any atom is -0.457 e. The zero-order chi connectivity index (χ0) is 21.8. The number of ether oxygens (including phenoxy) is 1. The number of rotatable bonds is 6. The molecule has 0 radical (unpaired) electrons. The average molecular weight is 424 g/mol. The number of anilines is 4. The predicted molar refractivity (Wildman–Crippen MR) is 121 cm³/mol. The second-order valence-corrected chi connectivity index (χ2v) is 6.82. The fourth-order valence-corrected chi connectivity index (χ4v) is 3.04. The predicted octanol–water partition coefficient (Wildman–Crippen LogP) is 5.84. The van der Waals surface area contributed by atoms with Crippen molar-refractivity contribution < 1.29 is 9.13 Å². The Kier molecular flexibility index (Phi) is 5.24. The Morgan fingerprint density at radius 1 is 0.656 bits per heavy atom. The van der Waals surface area contributed by atoms with Crippen LogP contribution in [0.4, 0.5) is 27.5 Å². The highest BCUT2D eigenvalue weighted by Crippen LogP contribution is 2.26. The second kappa shape index (κ2) is 8.65. The van der Waals surface area contributed by atoms with Gasteiger partial charge in [0.15, 0.2) is 17.0 Å². The number of benzene rings is 3. The summed E-state index contributed by atoms with van der Waals surface area (Å²) in [6.45, 7) is 0. The van der Waals surface area contributed by atoms with Gasteiger partial charge in [0.05, 0.1) is 0 Å². The number of aromatic nitrogens is 4. The third-order valence-electron chi connectivity index (χ3n) is 4.53. The highest BCUT2D eigenvalue weighted by molar-refractivity contribution is 5.85. The Morgan fingerprint density at radius 3 is 2.09 bits per heavy atom. The molecule has 0 bridgehead atoms. The van der Waals surface area contributed by atoms with Crippen molar-refractivity contribution in [3.63, 3.8) is 0 Å². The topological polar surface area (TPSA) is 84.9 Å². The van der Waals surface area contributed by atoms with Crippen LogP contribution in [0.15, 0.2) is 91.3 Å². The molecule has 2 aromatic heterocycles. The van der Waals surface area contributed by atoms with Crippen molar-refractivity contribution in [3.05, 3.63) is 97.1 Å². The van der Waals surface area contributed by atoms with Crippen molar-refractivity contribution in [2.24, 2.45) is 0 Å². The maximum absolute atomic E-state index is 13.2. The van der Waals surface area contributed by atoms with Crippen LogP contribution in [-0.2, 0) is 0 Å². The second-order valence-electron chi connectivity index (χ2n) is 6.82. The molecule has 8 heteroatoms. The highest BCUT2D eigenvalue weighted by atomic mass is 19.1. The standard InChI is InChI=1S/C24H17FN6O/c25-16-6-8-17(9-7-16)28-23-21-22(27-15-14-26-21)30-24(31-23)29-18-10-12-20(13-11-18)32-19-4-2-1-3-5-19/h1-15H,(H2,27,28,29,30,31). The number of fused-ring (bicyclic) bond motifs is 1. The summed E-state index contributed by atoms with van der Waals surface area (Å²) in [5.41, 5.74) is 2.39. The van der Waals surface area contributed by atoms with E-state index in [9.17, 15) is 4.39 Å². The summed E-state index contributed by atoms with van der Waals surface area (Å²) in [4.78, 5) is 17.6. The van der Waals surface area contributed by atoms with Crippen LogP contribution in [0.5, 0.6) is 11.5 Å². The van der Waals surface area contributed by atoms with Gasteiger partial charge in [-0.25, -0.2) is 14.4 Å². The maximum atomic E-state index is 13.2. The van der Waals surface area contributed by atoms with Crippen LogP contribution in [0.3, 0.4) is 0 Å². The van der Waals surface area contributed by atoms with E-state index in [0.29, 0.717) is 34.4 Å². The number of nitrogens with one attached hydrogen (secondary N) is 2. The molecule has 0 amide bonds. The first kappa shape index (κ1) is 19.4. The normalized spacial score (nSPS) is 10.7. The number of hydrogen-bond donors (Lipinski definition) is 2. The van der Waals surface area contributed by atoms with Crippen molar-refractivity contribution >= 4 is 34.3 Å². The van der Waals surface area contributed by atoms with Gasteiger partial charge >= 0.3 is 0 Å². The Morgan fingerprint density at radius 2 is 1.31 bits per heavy atom. The van der Waals surface area contributed by atoms with E-state index >= 15 is 0 Å². The van der Waals surface area contributed by atoms with Gasteiger partial charge in [0, 0.05) is 23.8 Å². The highest BCUT2D eigenvalue weighted by Gasteiger charge is 2.11. The van der Waals surface area contributed by atoms with E-state index in [1.54, 1.807) is 24.5 Å². The molecule has 5 aromatic rings. The molecule has 0 spiro atoms. The monoisotopic (exact) mass is 424 g/mol. The molecule has 0 aliphatic heterocycles. The quantitative estimate of drug-likeness (QED) is 0.354. The first-order chi connectivity index (χ1) is 15.7. The molecule has 0 aliphatic carbocycles. The van der Waals surface area contributed by atoms with E-state index < -0.39 is 0 Å². The van der Waals surface area contributed by atoms with Gasteiger partial charge in [0.1, 0.15) is 17.3 Å². The zero-order valence-corrected chi connectivity index (χ0v) is 16.7. The molecule has 0 saturated heterocycles. The molecule has 156 valence electrons. The Balaban J connectivity index is 1.39. The summed E-state index contributed by atoms with van der Waals surface area (Å²) < 4.78 is 19.1. The number of halogens is 1. The van der Waals surface area contributed by atoms with Gasteiger partial charge in [-0.05, 0) is 60.7 Å². The lowest BCUT2D eigenvalue weighted by molar-refractivity contribution is 0.483. The lowest BCUT2D eigenvalue weighted by Gasteiger charge is -2.11. The van der Waals surface area contributed by atoms with Crippen molar-refractivity contribution in [3.8, 4) is 11.5 Å². The first-order valence-electron chi connectivity index (χ1n) is 9.84. The minimum absolute atomic E-state index is 0.315. The molecular weight excluding hydrogens is 407 g/mol. The molecule has 3 aromatic carbocycles. The van der Waals surface area contributed by atoms with Crippen LogP contribution in [0, 0.1) is 5.82 Å². The third-order valence-corrected chi connectivity index (χ3v) is 4.53. The van der Waals surface area contributed by atoms with Gasteiger partial charge in [0.25, 0.3) is 0 Å².